The third-order valence-corrected chi connectivity index (χ3v) is 5.33. The molecule has 0 spiro atoms. The van der Waals surface area contributed by atoms with E-state index in [0.717, 1.165) is 0 Å². The standard InChI is InChI=1S/C5H10INO2S/c6-4-3-10(8,9)2-1-5(4)7/h4-5H,1-3,7H2. The molecule has 1 fully saturated rings. The van der Waals surface area contributed by atoms with Gasteiger partial charge in [0, 0.05) is 9.97 Å². The van der Waals surface area contributed by atoms with Gasteiger partial charge in [-0.2, -0.15) is 0 Å². The molecule has 1 saturated heterocycles. The summed E-state index contributed by atoms with van der Waals surface area (Å²) in [4.78, 5) is 0. The van der Waals surface area contributed by atoms with Gasteiger partial charge in [-0.15, -0.1) is 0 Å². The SMILES string of the molecule is NC1CCS(=O)(=O)CC1I. The number of rotatable bonds is 0. The lowest BCUT2D eigenvalue weighted by Crippen LogP contribution is -2.42. The molecule has 0 saturated carbocycles. The van der Waals surface area contributed by atoms with Gasteiger partial charge in [0.2, 0.25) is 0 Å². The monoisotopic (exact) mass is 275 g/mol. The fourth-order valence-corrected chi connectivity index (χ4v) is 4.48. The summed E-state index contributed by atoms with van der Waals surface area (Å²) in [7, 11) is -2.75. The quantitative estimate of drug-likeness (QED) is 0.497. The number of nitrogens with two attached hydrogens (primary N) is 1. The Morgan fingerprint density at radius 3 is 2.50 bits per heavy atom. The van der Waals surface area contributed by atoms with Crippen molar-refractivity contribution >= 4 is 32.4 Å². The molecule has 1 rings (SSSR count). The molecule has 1 aliphatic rings. The number of hydrogen-bond donors (Lipinski definition) is 1. The van der Waals surface area contributed by atoms with Crippen molar-refractivity contribution < 1.29 is 8.42 Å². The van der Waals surface area contributed by atoms with Crippen LogP contribution in [0.1, 0.15) is 6.42 Å². The summed E-state index contributed by atoms with van der Waals surface area (Å²) >= 11 is 2.10. The van der Waals surface area contributed by atoms with Crippen LogP contribution in [0.5, 0.6) is 0 Å². The van der Waals surface area contributed by atoms with E-state index in [2.05, 4.69) is 22.6 Å². The maximum absolute atomic E-state index is 10.9. The summed E-state index contributed by atoms with van der Waals surface area (Å²) in [6.07, 6.45) is 0.621. The summed E-state index contributed by atoms with van der Waals surface area (Å²) in [5, 5.41) is 0. The average Bonchev–Trinajstić information content (AvgIpc) is 1.79. The van der Waals surface area contributed by atoms with Gasteiger partial charge in [0.25, 0.3) is 0 Å². The van der Waals surface area contributed by atoms with Crippen molar-refractivity contribution in [3.05, 3.63) is 0 Å². The van der Waals surface area contributed by atoms with E-state index in [0.29, 0.717) is 6.42 Å². The lowest BCUT2D eigenvalue weighted by molar-refractivity contribution is 0.558. The highest BCUT2D eigenvalue weighted by atomic mass is 127. The van der Waals surface area contributed by atoms with Crippen LogP contribution in [0.15, 0.2) is 0 Å². The zero-order chi connectivity index (χ0) is 7.78. The van der Waals surface area contributed by atoms with Gasteiger partial charge in [0.1, 0.15) is 0 Å². The van der Waals surface area contributed by atoms with Gasteiger partial charge in [-0.05, 0) is 6.42 Å². The molecule has 0 amide bonds. The molecule has 2 N–H and O–H groups in total. The van der Waals surface area contributed by atoms with Crippen molar-refractivity contribution in [2.24, 2.45) is 5.73 Å². The van der Waals surface area contributed by atoms with Crippen LogP contribution in [0, 0.1) is 0 Å². The molecule has 1 heterocycles. The highest BCUT2D eigenvalue weighted by Crippen LogP contribution is 2.17. The maximum Gasteiger partial charge on any atom is 0.151 e. The van der Waals surface area contributed by atoms with E-state index in [1.165, 1.54) is 0 Å². The second-order valence-corrected chi connectivity index (χ2v) is 6.41. The number of alkyl halides is 1. The lowest BCUT2D eigenvalue weighted by Gasteiger charge is -2.23. The minimum Gasteiger partial charge on any atom is -0.327 e. The van der Waals surface area contributed by atoms with Gasteiger partial charge in [-0.3, -0.25) is 0 Å². The van der Waals surface area contributed by atoms with Crippen LogP contribution in [-0.2, 0) is 9.84 Å². The fourth-order valence-electron chi connectivity index (χ4n) is 0.946. The molecule has 0 aliphatic carbocycles. The molecule has 0 radical (unpaired) electrons. The summed E-state index contributed by atoms with van der Waals surface area (Å²) < 4.78 is 22.0. The molecule has 0 aromatic heterocycles. The van der Waals surface area contributed by atoms with E-state index in [1.807, 2.05) is 0 Å². The minimum absolute atomic E-state index is 0.0733. The third kappa shape index (κ3) is 2.06. The largest absolute Gasteiger partial charge is 0.327 e. The van der Waals surface area contributed by atoms with Crippen LogP contribution in [0.4, 0.5) is 0 Å². The van der Waals surface area contributed by atoms with Gasteiger partial charge in [-0.25, -0.2) is 8.42 Å². The van der Waals surface area contributed by atoms with Crippen LogP contribution in [0.2, 0.25) is 0 Å². The Bertz CT molecular complexity index is 214. The normalized spacial score (nSPS) is 39.4. The second-order valence-electron chi connectivity index (χ2n) is 2.58. The topological polar surface area (TPSA) is 60.2 Å². The van der Waals surface area contributed by atoms with E-state index in [4.69, 9.17) is 5.73 Å². The van der Waals surface area contributed by atoms with Gasteiger partial charge in [0.15, 0.2) is 9.84 Å². The van der Waals surface area contributed by atoms with Crippen molar-refractivity contribution in [1.82, 2.24) is 0 Å². The van der Waals surface area contributed by atoms with Crippen molar-refractivity contribution in [3.63, 3.8) is 0 Å². The van der Waals surface area contributed by atoms with Gasteiger partial charge >= 0.3 is 0 Å². The Balaban J connectivity index is 2.66. The average molecular weight is 275 g/mol. The van der Waals surface area contributed by atoms with E-state index in [1.54, 1.807) is 0 Å². The summed E-state index contributed by atoms with van der Waals surface area (Å²) in [6, 6.07) is 0.0733. The lowest BCUT2D eigenvalue weighted by atomic mass is 10.2. The third-order valence-electron chi connectivity index (χ3n) is 1.64. The molecular formula is C5H10INO2S. The number of hydrogen-bond acceptors (Lipinski definition) is 3. The van der Waals surface area contributed by atoms with Crippen molar-refractivity contribution in [3.8, 4) is 0 Å². The first-order valence-corrected chi connectivity index (χ1v) is 6.18. The molecule has 0 aromatic rings. The first kappa shape index (κ1) is 8.73. The summed E-state index contributed by atoms with van der Waals surface area (Å²) in [5.74, 6) is 0.530. The van der Waals surface area contributed by atoms with E-state index in [-0.39, 0.29) is 21.5 Å². The van der Waals surface area contributed by atoms with Crippen LogP contribution >= 0.6 is 22.6 Å². The smallest absolute Gasteiger partial charge is 0.151 e. The van der Waals surface area contributed by atoms with E-state index in [9.17, 15) is 8.42 Å². The first-order chi connectivity index (χ1) is 4.51. The summed E-state index contributed by atoms with van der Waals surface area (Å²) in [6.45, 7) is 0. The Morgan fingerprint density at radius 2 is 2.10 bits per heavy atom. The molecule has 3 nitrogen and oxygen atoms in total. The highest BCUT2D eigenvalue weighted by Gasteiger charge is 2.28. The Hall–Kier alpha value is 0.640. The van der Waals surface area contributed by atoms with E-state index >= 15 is 0 Å². The van der Waals surface area contributed by atoms with Crippen LogP contribution in [0.25, 0.3) is 0 Å². The van der Waals surface area contributed by atoms with Crippen molar-refractivity contribution in [1.29, 1.82) is 0 Å². The maximum atomic E-state index is 10.9. The number of halogens is 1. The molecule has 5 heteroatoms. The van der Waals surface area contributed by atoms with Crippen LogP contribution < -0.4 is 5.73 Å². The van der Waals surface area contributed by atoms with E-state index < -0.39 is 9.84 Å². The molecule has 2 unspecified atom stereocenters. The van der Waals surface area contributed by atoms with Crippen LogP contribution in [0.3, 0.4) is 0 Å². The van der Waals surface area contributed by atoms with Gasteiger partial charge in [-0.1, -0.05) is 22.6 Å². The molecular weight excluding hydrogens is 265 g/mol. The van der Waals surface area contributed by atoms with Crippen LogP contribution in [-0.4, -0.2) is 29.9 Å². The second kappa shape index (κ2) is 2.94. The predicted molar refractivity (Wildman–Crippen MR) is 49.1 cm³/mol. The molecule has 0 bridgehead atoms. The Labute approximate surface area is 74.4 Å². The molecule has 0 aromatic carbocycles. The Kier molecular flexibility index (Phi) is 2.57. The Morgan fingerprint density at radius 1 is 1.50 bits per heavy atom. The fraction of sp³-hybridized carbons (Fsp3) is 1.00. The zero-order valence-corrected chi connectivity index (χ0v) is 8.43. The summed E-state index contributed by atoms with van der Waals surface area (Å²) in [5.41, 5.74) is 5.63. The first-order valence-electron chi connectivity index (χ1n) is 3.11. The van der Waals surface area contributed by atoms with Crippen molar-refractivity contribution in [2.75, 3.05) is 11.5 Å². The van der Waals surface area contributed by atoms with Gasteiger partial charge < -0.3 is 5.73 Å². The molecule has 1 aliphatic heterocycles. The highest BCUT2D eigenvalue weighted by molar-refractivity contribution is 14.1. The molecule has 60 valence electrons. The number of sulfone groups is 1. The molecule has 2 atom stereocenters. The predicted octanol–water partition coefficient (Wildman–Crippen LogP) is -0.0642. The molecule has 10 heavy (non-hydrogen) atoms. The van der Waals surface area contributed by atoms with Crippen molar-refractivity contribution in [2.45, 2.75) is 16.4 Å². The zero-order valence-electron chi connectivity index (χ0n) is 5.46. The minimum atomic E-state index is -2.75. The van der Waals surface area contributed by atoms with Gasteiger partial charge in [0.05, 0.1) is 11.5 Å².